The van der Waals surface area contributed by atoms with Gasteiger partial charge < -0.3 is 5.32 Å². The van der Waals surface area contributed by atoms with E-state index in [1.165, 1.54) is 29.8 Å². The molecule has 3 heteroatoms. The van der Waals surface area contributed by atoms with Gasteiger partial charge in [-0.05, 0) is 26.3 Å². The molecule has 2 rings (SSSR count). The van der Waals surface area contributed by atoms with Gasteiger partial charge in [-0.1, -0.05) is 6.92 Å². The van der Waals surface area contributed by atoms with Crippen LogP contribution in [0.3, 0.4) is 0 Å². The molecule has 0 fully saturated rings. The summed E-state index contributed by atoms with van der Waals surface area (Å²) in [5.74, 6) is 0.693. The van der Waals surface area contributed by atoms with Crippen LogP contribution in [0.1, 0.15) is 36.2 Å². The normalized spacial score (nSPS) is 20.1. The third-order valence-electron chi connectivity index (χ3n) is 3.21. The fourth-order valence-electron chi connectivity index (χ4n) is 2.57. The van der Waals surface area contributed by atoms with Crippen LogP contribution in [0.5, 0.6) is 0 Å². The lowest BCUT2D eigenvalue weighted by molar-refractivity contribution is 0.604. The molecular weight excluding hydrogens is 174 g/mol. The Hall–Kier alpha value is -0.830. The van der Waals surface area contributed by atoms with E-state index in [1.54, 1.807) is 0 Å². The monoisotopic (exact) mass is 193 g/mol. The van der Waals surface area contributed by atoms with Gasteiger partial charge in [0.1, 0.15) is 0 Å². The van der Waals surface area contributed by atoms with Crippen LogP contribution >= 0.6 is 0 Å². The molecule has 3 nitrogen and oxygen atoms in total. The fraction of sp³-hybridized carbons (Fsp3) is 0.727. The Morgan fingerprint density at radius 2 is 2.36 bits per heavy atom. The molecule has 1 N–H and O–H groups in total. The minimum absolute atomic E-state index is 0.693. The predicted octanol–water partition coefficient (Wildman–Crippen LogP) is 1.23. The first-order valence-electron chi connectivity index (χ1n) is 5.47. The average molecular weight is 193 g/mol. The summed E-state index contributed by atoms with van der Waals surface area (Å²) < 4.78 is 2.07. The van der Waals surface area contributed by atoms with Gasteiger partial charge in [-0.3, -0.25) is 4.68 Å². The summed E-state index contributed by atoms with van der Waals surface area (Å²) in [6.07, 6.45) is 3.55. The Morgan fingerprint density at radius 1 is 1.57 bits per heavy atom. The first kappa shape index (κ1) is 9.71. The van der Waals surface area contributed by atoms with Gasteiger partial charge in [0.2, 0.25) is 0 Å². The molecule has 1 atom stereocenters. The van der Waals surface area contributed by atoms with Gasteiger partial charge in [0.05, 0.1) is 5.69 Å². The van der Waals surface area contributed by atoms with Crippen LogP contribution in [0.4, 0.5) is 0 Å². The molecule has 1 aliphatic rings. The van der Waals surface area contributed by atoms with E-state index >= 15 is 0 Å². The molecule has 1 aromatic rings. The van der Waals surface area contributed by atoms with Gasteiger partial charge in [-0.2, -0.15) is 5.10 Å². The molecule has 0 aromatic carbocycles. The number of rotatable bonds is 3. The van der Waals surface area contributed by atoms with Crippen LogP contribution in [0.2, 0.25) is 0 Å². The number of hydrogen-bond acceptors (Lipinski definition) is 2. The SMILES string of the molecule is CCc1nn(C)c2c1C(CNC)CC2. The number of likely N-dealkylation sites (N-methyl/N-ethyl adjacent to an activating group) is 1. The Balaban J connectivity index is 2.36. The van der Waals surface area contributed by atoms with Crippen LogP contribution in [0.15, 0.2) is 0 Å². The average Bonchev–Trinajstić information content (AvgIpc) is 2.70. The lowest BCUT2D eigenvalue weighted by Gasteiger charge is -2.09. The third-order valence-corrected chi connectivity index (χ3v) is 3.21. The lowest BCUT2D eigenvalue weighted by Crippen LogP contribution is -2.15. The molecule has 1 aromatic heterocycles. The zero-order valence-electron chi connectivity index (χ0n) is 9.30. The summed E-state index contributed by atoms with van der Waals surface area (Å²) in [5, 5.41) is 7.85. The summed E-state index contributed by atoms with van der Waals surface area (Å²) in [7, 11) is 4.10. The molecule has 1 unspecified atom stereocenters. The Kier molecular flexibility index (Phi) is 2.59. The van der Waals surface area contributed by atoms with Gasteiger partial charge in [0.25, 0.3) is 0 Å². The summed E-state index contributed by atoms with van der Waals surface area (Å²) in [4.78, 5) is 0. The number of aryl methyl sites for hydroxylation is 2. The molecule has 1 aliphatic carbocycles. The van der Waals surface area contributed by atoms with E-state index in [4.69, 9.17) is 0 Å². The largest absolute Gasteiger partial charge is 0.319 e. The van der Waals surface area contributed by atoms with E-state index in [0.29, 0.717) is 5.92 Å². The second kappa shape index (κ2) is 3.73. The molecule has 0 saturated carbocycles. The molecule has 1 heterocycles. The maximum atomic E-state index is 4.57. The topological polar surface area (TPSA) is 29.9 Å². The van der Waals surface area contributed by atoms with Crippen molar-refractivity contribution in [1.29, 1.82) is 0 Å². The predicted molar refractivity (Wildman–Crippen MR) is 57.6 cm³/mol. The van der Waals surface area contributed by atoms with Gasteiger partial charge >= 0.3 is 0 Å². The zero-order valence-corrected chi connectivity index (χ0v) is 9.30. The molecular formula is C11H19N3. The number of nitrogens with one attached hydrogen (secondary N) is 1. The maximum absolute atomic E-state index is 4.57. The van der Waals surface area contributed by atoms with Gasteiger partial charge in [-0.25, -0.2) is 0 Å². The van der Waals surface area contributed by atoms with Crippen molar-refractivity contribution >= 4 is 0 Å². The Morgan fingerprint density at radius 3 is 3.00 bits per heavy atom. The molecule has 0 bridgehead atoms. The van der Waals surface area contributed by atoms with Crippen molar-refractivity contribution in [3.05, 3.63) is 17.0 Å². The Bertz CT molecular complexity index is 328. The summed E-state index contributed by atoms with van der Waals surface area (Å²) in [6, 6.07) is 0. The van der Waals surface area contributed by atoms with Crippen LogP contribution in [0.25, 0.3) is 0 Å². The van der Waals surface area contributed by atoms with E-state index < -0.39 is 0 Å². The molecule has 0 radical (unpaired) electrons. The fourth-order valence-corrected chi connectivity index (χ4v) is 2.57. The maximum Gasteiger partial charge on any atom is 0.0659 e. The number of hydrogen-bond donors (Lipinski definition) is 1. The highest BCUT2D eigenvalue weighted by Gasteiger charge is 2.28. The molecule has 14 heavy (non-hydrogen) atoms. The standard InChI is InChI=1S/C11H19N3/c1-4-9-11-8(7-12-2)5-6-10(11)14(3)13-9/h8,12H,4-7H2,1-3H3. The number of fused-ring (bicyclic) bond motifs is 1. The van der Waals surface area contributed by atoms with Crippen molar-refractivity contribution < 1.29 is 0 Å². The van der Waals surface area contributed by atoms with Crippen LogP contribution in [0, 0.1) is 0 Å². The van der Waals surface area contributed by atoms with Crippen LogP contribution in [-0.2, 0) is 19.9 Å². The highest BCUT2D eigenvalue weighted by Crippen LogP contribution is 2.34. The van der Waals surface area contributed by atoms with Gasteiger partial charge in [0.15, 0.2) is 0 Å². The van der Waals surface area contributed by atoms with Gasteiger partial charge in [-0.15, -0.1) is 0 Å². The minimum atomic E-state index is 0.693. The third kappa shape index (κ3) is 1.36. The van der Waals surface area contributed by atoms with E-state index in [2.05, 4.69) is 29.1 Å². The number of aromatic nitrogens is 2. The summed E-state index contributed by atoms with van der Waals surface area (Å²) in [6.45, 7) is 3.28. The second-order valence-electron chi connectivity index (χ2n) is 4.08. The molecule has 0 amide bonds. The smallest absolute Gasteiger partial charge is 0.0659 e. The van der Waals surface area contributed by atoms with E-state index in [-0.39, 0.29) is 0 Å². The molecule has 0 aliphatic heterocycles. The number of nitrogens with zero attached hydrogens (tertiary/aromatic N) is 2. The molecule has 0 saturated heterocycles. The first-order valence-corrected chi connectivity index (χ1v) is 5.47. The highest BCUT2D eigenvalue weighted by atomic mass is 15.3. The second-order valence-corrected chi connectivity index (χ2v) is 4.08. The van der Waals surface area contributed by atoms with Crippen molar-refractivity contribution in [3.63, 3.8) is 0 Å². The van der Waals surface area contributed by atoms with Crippen LogP contribution < -0.4 is 5.32 Å². The molecule has 0 spiro atoms. The van der Waals surface area contributed by atoms with E-state index in [1.807, 2.05) is 7.05 Å². The lowest BCUT2D eigenvalue weighted by atomic mass is 10.0. The molecule has 78 valence electrons. The Labute approximate surface area is 85.5 Å². The summed E-state index contributed by atoms with van der Waals surface area (Å²) >= 11 is 0. The highest BCUT2D eigenvalue weighted by molar-refractivity contribution is 5.35. The van der Waals surface area contributed by atoms with Crippen molar-refractivity contribution in [2.24, 2.45) is 7.05 Å². The van der Waals surface area contributed by atoms with Crippen molar-refractivity contribution in [2.75, 3.05) is 13.6 Å². The van der Waals surface area contributed by atoms with Crippen LogP contribution in [-0.4, -0.2) is 23.4 Å². The van der Waals surface area contributed by atoms with Crippen molar-refractivity contribution in [1.82, 2.24) is 15.1 Å². The quantitative estimate of drug-likeness (QED) is 0.782. The van der Waals surface area contributed by atoms with Crippen molar-refractivity contribution in [2.45, 2.75) is 32.1 Å². The van der Waals surface area contributed by atoms with E-state index in [9.17, 15) is 0 Å². The summed E-state index contributed by atoms with van der Waals surface area (Å²) in [5.41, 5.74) is 4.30. The zero-order chi connectivity index (χ0) is 10.1. The van der Waals surface area contributed by atoms with E-state index in [0.717, 1.165) is 13.0 Å². The van der Waals surface area contributed by atoms with Crippen molar-refractivity contribution in [3.8, 4) is 0 Å². The van der Waals surface area contributed by atoms with Gasteiger partial charge in [0, 0.05) is 30.8 Å². The first-order chi connectivity index (χ1) is 6.77. The minimum Gasteiger partial charge on any atom is -0.319 e.